The smallest absolute Gasteiger partial charge is 0.279 e. The summed E-state index contributed by atoms with van der Waals surface area (Å²) in [5.41, 5.74) is 5.45. The molecule has 0 aromatic carbocycles. The molecule has 0 aliphatic carbocycles. The van der Waals surface area contributed by atoms with Crippen molar-refractivity contribution in [1.29, 1.82) is 0 Å². The summed E-state index contributed by atoms with van der Waals surface area (Å²) in [5.74, 6) is -0.510. The first-order chi connectivity index (χ1) is 5.13. The molecule has 1 amide bonds. The van der Waals surface area contributed by atoms with Gasteiger partial charge in [-0.25, -0.2) is 5.06 Å². The van der Waals surface area contributed by atoms with E-state index in [1.54, 1.807) is 6.08 Å². The fourth-order valence-corrected chi connectivity index (χ4v) is 1.04. The molecule has 11 heavy (non-hydrogen) atoms. The van der Waals surface area contributed by atoms with Crippen LogP contribution in [0.25, 0.3) is 0 Å². The van der Waals surface area contributed by atoms with E-state index >= 15 is 0 Å². The summed E-state index contributed by atoms with van der Waals surface area (Å²) in [4.78, 5) is 11.0. The second-order valence-electron chi connectivity index (χ2n) is 2.20. The molecule has 1 aliphatic heterocycles. The van der Waals surface area contributed by atoms with E-state index < -0.39 is 5.91 Å². The SMILES string of the molecule is NC(=S)C1=CCCN(O)C1=O. The summed E-state index contributed by atoms with van der Waals surface area (Å²) >= 11 is 4.60. The molecule has 1 aliphatic rings. The maximum absolute atomic E-state index is 11.0. The van der Waals surface area contributed by atoms with Crippen molar-refractivity contribution >= 4 is 23.1 Å². The number of nitrogens with two attached hydrogens (primary N) is 1. The third kappa shape index (κ3) is 1.55. The van der Waals surface area contributed by atoms with Crippen LogP contribution in [0.2, 0.25) is 0 Å². The van der Waals surface area contributed by atoms with E-state index in [1.165, 1.54) is 0 Å². The Morgan fingerprint density at radius 3 is 2.91 bits per heavy atom. The molecule has 0 saturated heterocycles. The fraction of sp³-hybridized carbons (Fsp3) is 0.333. The normalized spacial score (nSPS) is 18.1. The lowest BCUT2D eigenvalue weighted by molar-refractivity contribution is -0.160. The molecule has 0 aromatic heterocycles. The zero-order valence-electron chi connectivity index (χ0n) is 5.78. The van der Waals surface area contributed by atoms with Gasteiger partial charge in [-0.2, -0.15) is 0 Å². The second-order valence-corrected chi connectivity index (χ2v) is 2.64. The molecular formula is C6H8N2O2S. The quantitative estimate of drug-likeness (QED) is 0.425. The molecule has 3 N–H and O–H groups in total. The van der Waals surface area contributed by atoms with Gasteiger partial charge in [-0.15, -0.1) is 0 Å². The summed E-state index contributed by atoms with van der Waals surface area (Å²) < 4.78 is 0. The average Bonchev–Trinajstić information content (AvgIpc) is 1.94. The van der Waals surface area contributed by atoms with Crippen molar-refractivity contribution in [1.82, 2.24) is 5.06 Å². The van der Waals surface area contributed by atoms with Crippen LogP contribution in [0.1, 0.15) is 6.42 Å². The van der Waals surface area contributed by atoms with Crippen LogP contribution >= 0.6 is 12.2 Å². The van der Waals surface area contributed by atoms with Crippen LogP contribution < -0.4 is 5.73 Å². The second kappa shape index (κ2) is 2.98. The van der Waals surface area contributed by atoms with Gasteiger partial charge in [-0.3, -0.25) is 10.0 Å². The van der Waals surface area contributed by atoms with Crippen LogP contribution in [0.3, 0.4) is 0 Å². The van der Waals surface area contributed by atoms with E-state index in [0.29, 0.717) is 18.0 Å². The van der Waals surface area contributed by atoms with Crippen molar-refractivity contribution in [2.75, 3.05) is 6.54 Å². The van der Waals surface area contributed by atoms with E-state index in [9.17, 15) is 4.79 Å². The summed E-state index contributed by atoms with van der Waals surface area (Å²) in [6.07, 6.45) is 2.23. The molecule has 4 nitrogen and oxygen atoms in total. The molecule has 0 spiro atoms. The maximum atomic E-state index is 11.0. The first kappa shape index (κ1) is 8.16. The zero-order valence-corrected chi connectivity index (χ0v) is 6.60. The molecule has 1 heterocycles. The van der Waals surface area contributed by atoms with Crippen molar-refractivity contribution in [2.24, 2.45) is 5.73 Å². The maximum Gasteiger partial charge on any atom is 0.279 e. The van der Waals surface area contributed by atoms with E-state index in [1.807, 2.05) is 0 Å². The minimum atomic E-state index is -0.510. The first-order valence-corrected chi connectivity index (χ1v) is 3.54. The van der Waals surface area contributed by atoms with E-state index in [4.69, 9.17) is 10.9 Å². The number of hydrogen-bond donors (Lipinski definition) is 2. The minimum absolute atomic E-state index is 0.0359. The molecule has 0 aromatic rings. The van der Waals surface area contributed by atoms with Crippen molar-refractivity contribution in [3.63, 3.8) is 0 Å². The predicted molar refractivity (Wildman–Crippen MR) is 43.0 cm³/mol. The summed E-state index contributed by atoms with van der Waals surface area (Å²) in [5, 5.41) is 9.54. The summed E-state index contributed by atoms with van der Waals surface area (Å²) in [6, 6.07) is 0. The molecular weight excluding hydrogens is 164 g/mol. The summed E-state index contributed by atoms with van der Waals surface area (Å²) in [6.45, 7) is 0.310. The third-order valence-corrected chi connectivity index (χ3v) is 1.64. The van der Waals surface area contributed by atoms with Gasteiger partial charge in [-0.05, 0) is 6.42 Å². The van der Waals surface area contributed by atoms with Gasteiger partial charge < -0.3 is 5.73 Å². The van der Waals surface area contributed by atoms with Gasteiger partial charge in [0.05, 0.1) is 12.1 Å². The lowest BCUT2D eigenvalue weighted by Crippen LogP contribution is -2.36. The van der Waals surface area contributed by atoms with Crippen LogP contribution in [-0.4, -0.2) is 27.7 Å². The van der Waals surface area contributed by atoms with Crippen molar-refractivity contribution in [3.8, 4) is 0 Å². The Hall–Kier alpha value is -0.940. The van der Waals surface area contributed by atoms with Crippen molar-refractivity contribution < 1.29 is 10.0 Å². The average molecular weight is 172 g/mol. The molecule has 0 radical (unpaired) electrons. The number of rotatable bonds is 1. The molecule has 0 unspecified atom stereocenters. The Labute approximate surface area is 69.2 Å². The van der Waals surface area contributed by atoms with Crippen LogP contribution in [0.4, 0.5) is 0 Å². The number of hydrogen-bond acceptors (Lipinski definition) is 3. The predicted octanol–water partition coefficient (Wildman–Crippen LogP) is -0.180. The highest BCUT2D eigenvalue weighted by Crippen LogP contribution is 2.08. The molecule has 60 valence electrons. The van der Waals surface area contributed by atoms with Crippen LogP contribution in [0.5, 0.6) is 0 Å². The van der Waals surface area contributed by atoms with Crippen LogP contribution in [0, 0.1) is 0 Å². The Bertz CT molecular complexity index is 237. The van der Waals surface area contributed by atoms with Crippen molar-refractivity contribution in [2.45, 2.75) is 6.42 Å². The molecule has 0 saturated carbocycles. The van der Waals surface area contributed by atoms with Gasteiger partial charge in [0, 0.05) is 0 Å². The van der Waals surface area contributed by atoms with E-state index in [0.717, 1.165) is 0 Å². The lowest BCUT2D eigenvalue weighted by Gasteiger charge is -2.19. The Morgan fingerprint density at radius 2 is 2.45 bits per heavy atom. The van der Waals surface area contributed by atoms with Gasteiger partial charge in [0.2, 0.25) is 0 Å². The number of thiocarbonyl (C=S) groups is 1. The van der Waals surface area contributed by atoms with Gasteiger partial charge in [-0.1, -0.05) is 18.3 Å². The van der Waals surface area contributed by atoms with E-state index in [-0.39, 0.29) is 10.6 Å². The molecule has 0 bridgehead atoms. The molecule has 0 atom stereocenters. The highest BCUT2D eigenvalue weighted by Gasteiger charge is 2.21. The monoisotopic (exact) mass is 172 g/mol. The molecule has 5 heteroatoms. The number of carbonyl (C=O) groups excluding carboxylic acids is 1. The lowest BCUT2D eigenvalue weighted by atomic mass is 10.1. The Morgan fingerprint density at radius 1 is 1.82 bits per heavy atom. The fourth-order valence-electron chi connectivity index (χ4n) is 0.865. The van der Waals surface area contributed by atoms with E-state index in [2.05, 4.69) is 12.2 Å². The van der Waals surface area contributed by atoms with Crippen LogP contribution in [-0.2, 0) is 4.79 Å². The van der Waals surface area contributed by atoms with Gasteiger partial charge in [0.25, 0.3) is 5.91 Å². The zero-order chi connectivity index (χ0) is 8.43. The Balaban J connectivity index is 2.87. The number of nitrogens with zero attached hydrogens (tertiary/aromatic N) is 1. The third-order valence-electron chi connectivity index (χ3n) is 1.42. The topological polar surface area (TPSA) is 66.6 Å². The van der Waals surface area contributed by atoms with Gasteiger partial charge in [0.15, 0.2) is 0 Å². The first-order valence-electron chi connectivity index (χ1n) is 3.13. The molecule has 0 fully saturated rings. The highest BCUT2D eigenvalue weighted by atomic mass is 32.1. The highest BCUT2D eigenvalue weighted by molar-refractivity contribution is 7.80. The number of carbonyl (C=O) groups is 1. The summed E-state index contributed by atoms with van der Waals surface area (Å²) in [7, 11) is 0. The molecule has 1 rings (SSSR count). The largest absolute Gasteiger partial charge is 0.389 e. The standard InChI is InChI=1S/C6H8N2O2S/c7-5(11)4-2-1-3-8(10)6(4)9/h2,10H,1,3H2,(H2,7,11). The van der Waals surface area contributed by atoms with Gasteiger partial charge in [0.1, 0.15) is 4.99 Å². The minimum Gasteiger partial charge on any atom is -0.389 e. The van der Waals surface area contributed by atoms with Crippen molar-refractivity contribution in [3.05, 3.63) is 11.6 Å². The Kier molecular flexibility index (Phi) is 2.21. The van der Waals surface area contributed by atoms with Gasteiger partial charge >= 0.3 is 0 Å². The number of amides is 1. The number of hydroxylamine groups is 2. The van der Waals surface area contributed by atoms with Crippen LogP contribution in [0.15, 0.2) is 11.6 Å².